The largest absolute Gasteiger partial charge is 0.465 e. The molecule has 0 atom stereocenters. The second-order valence-electron chi connectivity index (χ2n) is 4.87. The van der Waals surface area contributed by atoms with E-state index >= 15 is 0 Å². The summed E-state index contributed by atoms with van der Waals surface area (Å²) in [4.78, 5) is 34.9. The van der Waals surface area contributed by atoms with Gasteiger partial charge in [0.15, 0.2) is 0 Å². The molecular formula is C17H16N2O4. The monoisotopic (exact) mass is 312 g/mol. The Balaban J connectivity index is 2.23. The molecule has 0 saturated heterocycles. The van der Waals surface area contributed by atoms with Gasteiger partial charge in [0, 0.05) is 16.8 Å². The van der Waals surface area contributed by atoms with Gasteiger partial charge in [-0.25, -0.2) is 4.79 Å². The Morgan fingerprint density at radius 2 is 1.61 bits per heavy atom. The van der Waals surface area contributed by atoms with Crippen LogP contribution < -0.4 is 11.1 Å². The minimum absolute atomic E-state index is 0.324. The van der Waals surface area contributed by atoms with Crippen LogP contribution in [-0.4, -0.2) is 24.9 Å². The molecule has 6 nitrogen and oxygen atoms in total. The Kier molecular flexibility index (Phi) is 4.75. The number of nitrogens with one attached hydrogen (secondary N) is 1. The van der Waals surface area contributed by atoms with Crippen LogP contribution in [0.3, 0.4) is 0 Å². The smallest absolute Gasteiger partial charge is 0.338 e. The van der Waals surface area contributed by atoms with Crippen LogP contribution in [0.1, 0.15) is 36.6 Å². The zero-order valence-electron chi connectivity index (χ0n) is 12.8. The van der Waals surface area contributed by atoms with Gasteiger partial charge in [-0.2, -0.15) is 0 Å². The van der Waals surface area contributed by atoms with Crippen LogP contribution in [-0.2, 0) is 4.74 Å². The van der Waals surface area contributed by atoms with Crippen molar-refractivity contribution in [1.29, 1.82) is 0 Å². The Bertz CT molecular complexity index is 767. The molecule has 0 heterocycles. The van der Waals surface area contributed by atoms with Gasteiger partial charge in [0.05, 0.1) is 12.7 Å². The van der Waals surface area contributed by atoms with Crippen LogP contribution in [0.4, 0.5) is 5.69 Å². The molecule has 23 heavy (non-hydrogen) atoms. The molecule has 2 aromatic rings. The third-order valence-electron chi connectivity index (χ3n) is 3.42. The van der Waals surface area contributed by atoms with E-state index in [4.69, 9.17) is 10.5 Å². The van der Waals surface area contributed by atoms with Crippen molar-refractivity contribution in [2.24, 2.45) is 5.73 Å². The van der Waals surface area contributed by atoms with Gasteiger partial charge >= 0.3 is 5.97 Å². The maximum Gasteiger partial charge on any atom is 0.338 e. The highest BCUT2D eigenvalue weighted by molar-refractivity contribution is 6.06. The molecule has 0 unspecified atom stereocenters. The summed E-state index contributed by atoms with van der Waals surface area (Å²) >= 11 is 0. The molecule has 2 aromatic carbocycles. The number of benzene rings is 2. The molecule has 0 radical (unpaired) electrons. The Labute approximate surface area is 133 Å². The zero-order valence-corrected chi connectivity index (χ0v) is 12.8. The summed E-state index contributed by atoms with van der Waals surface area (Å²) in [5.41, 5.74) is 7.36. The van der Waals surface area contributed by atoms with Crippen LogP contribution >= 0.6 is 0 Å². The number of rotatable bonds is 4. The van der Waals surface area contributed by atoms with E-state index in [1.165, 1.54) is 31.4 Å². The van der Waals surface area contributed by atoms with Crippen molar-refractivity contribution in [3.8, 4) is 0 Å². The lowest BCUT2D eigenvalue weighted by molar-refractivity contribution is 0.0599. The minimum Gasteiger partial charge on any atom is -0.465 e. The number of carbonyl (C=O) groups excluding carboxylic acids is 3. The SMILES string of the molecule is COC(=O)c1cccc(NC(=O)c2ccc(C(N)=O)cc2)c1C. The molecule has 0 fully saturated rings. The number of hydrogen-bond donors (Lipinski definition) is 2. The summed E-state index contributed by atoms with van der Waals surface area (Å²) in [6.45, 7) is 1.72. The van der Waals surface area contributed by atoms with E-state index in [0.717, 1.165) is 0 Å². The normalized spacial score (nSPS) is 10.0. The zero-order chi connectivity index (χ0) is 17.0. The summed E-state index contributed by atoms with van der Waals surface area (Å²) in [7, 11) is 1.30. The average Bonchev–Trinajstić information content (AvgIpc) is 2.56. The number of nitrogens with two attached hydrogens (primary N) is 1. The van der Waals surface area contributed by atoms with Gasteiger partial charge in [0.1, 0.15) is 0 Å². The number of ether oxygens (including phenoxy) is 1. The van der Waals surface area contributed by atoms with E-state index in [1.807, 2.05) is 0 Å². The number of primary amides is 1. The van der Waals surface area contributed by atoms with Gasteiger partial charge in [0.2, 0.25) is 5.91 Å². The molecule has 0 aliphatic heterocycles. The molecule has 0 saturated carbocycles. The third kappa shape index (κ3) is 3.55. The van der Waals surface area contributed by atoms with Gasteiger partial charge < -0.3 is 15.8 Å². The van der Waals surface area contributed by atoms with Gasteiger partial charge in [-0.15, -0.1) is 0 Å². The minimum atomic E-state index is -0.557. The quantitative estimate of drug-likeness (QED) is 0.845. The highest BCUT2D eigenvalue weighted by Crippen LogP contribution is 2.20. The maximum absolute atomic E-state index is 12.3. The topological polar surface area (TPSA) is 98.5 Å². The van der Waals surface area contributed by atoms with E-state index < -0.39 is 11.9 Å². The molecule has 3 N–H and O–H groups in total. The van der Waals surface area contributed by atoms with E-state index in [2.05, 4.69) is 5.32 Å². The summed E-state index contributed by atoms with van der Waals surface area (Å²) in [6.07, 6.45) is 0. The van der Waals surface area contributed by atoms with Crippen molar-refractivity contribution in [3.05, 3.63) is 64.7 Å². The lowest BCUT2D eigenvalue weighted by Crippen LogP contribution is -2.15. The maximum atomic E-state index is 12.3. The average molecular weight is 312 g/mol. The Hall–Kier alpha value is -3.15. The molecule has 6 heteroatoms. The standard InChI is InChI=1S/C17H16N2O4/c1-10-13(17(22)23-2)4-3-5-14(10)19-16(21)12-8-6-11(7-9-12)15(18)20/h3-9H,1-2H3,(H2,18,20)(H,19,21). The first kappa shape index (κ1) is 16.2. The molecule has 0 spiro atoms. The number of hydrogen-bond acceptors (Lipinski definition) is 4. The van der Waals surface area contributed by atoms with Gasteiger partial charge in [-0.3, -0.25) is 9.59 Å². The van der Waals surface area contributed by atoms with Crippen molar-refractivity contribution in [2.45, 2.75) is 6.92 Å². The van der Waals surface area contributed by atoms with Crippen molar-refractivity contribution in [3.63, 3.8) is 0 Å². The van der Waals surface area contributed by atoms with Crippen LogP contribution in [0.5, 0.6) is 0 Å². The van der Waals surface area contributed by atoms with Crippen molar-refractivity contribution in [2.75, 3.05) is 12.4 Å². The van der Waals surface area contributed by atoms with E-state index in [1.54, 1.807) is 25.1 Å². The molecule has 118 valence electrons. The lowest BCUT2D eigenvalue weighted by atomic mass is 10.1. The number of amides is 2. The van der Waals surface area contributed by atoms with Gasteiger partial charge in [-0.05, 0) is 48.9 Å². The van der Waals surface area contributed by atoms with Crippen LogP contribution in [0.25, 0.3) is 0 Å². The first-order chi connectivity index (χ1) is 10.9. The molecule has 0 aromatic heterocycles. The van der Waals surface area contributed by atoms with Crippen molar-refractivity contribution >= 4 is 23.5 Å². The molecular weight excluding hydrogens is 296 g/mol. The van der Waals surface area contributed by atoms with Crippen molar-refractivity contribution in [1.82, 2.24) is 0 Å². The predicted molar refractivity (Wildman–Crippen MR) is 85.4 cm³/mol. The van der Waals surface area contributed by atoms with E-state index in [0.29, 0.717) is 27.9 Å². The van der Waals surface area contributed by atoms with Gasteiger partial charge in [-0.1, -0.05) is 6.07 Å². The summed E-state index contributed by atoms with van der Waals surface area (Å²) in [5.74, 6) is -1.38. The summed E-state index contributed by atoms with van der Waals surface area (Å²) in [5, 5.41) is 2.73. The third-order valence-corrected chi connectivity index (χ3v) is 3.42. The highest BCUT2D eigenvalue weighted by atomic mass is 16.5. The molecule has 2 rings (SSSR count). The lowest BCUT2D eigenvalue weighted by Gasteiger charge is -2.11. The first-order valence-corrected chi connectivity index (χ1v) is 6.83. The highest BCUT2D eigenvalue weighted by Gasteiger charge is 2.14. The number of esters is 1. The second kappa shape index (κ2) is 6.74. The van der Waals surface area contributed by atoms with Crippen molar-refractivity contribution < 1.29 is 19.1 Å². The van der Waals surface area contributed by atoms with E-state index in [-0.39, 0.29) is 5.91 Å². The molecule has 2 amide bonds. The van der Waals surface area contributed by atoms with E-state index in [9.17, 15) is 14.4 Å². The van der Waals surface area contributed by atoms with Gasteiger partial charge in [0.25, 0.3) is 5.91 Å². The predicted octanol–water partition coefficient (Wildman–Crippen LogP) is 2.13. The summed E-state index contributed by atoms with van der Waals surface area (Å²) in [6, 6.07) is 11.0. The van der Waals surface area contributed by atoms with Crippen LogP contribution in [0, 0.1) is 6.92 Å². The Morgan fingerprint density at radius 3 is 2.17 bits per heavy atom. The molecule has 0 aliphatic carbocycles. The molecule has 0 bridgehead atoms. The second-order valence-corrected chi connectivity index (χ2v) is 4.87. The first-order valence-electron chi connectivity index (χ1n) is 6.83. The number of carbonyl (C=O) groups is 3. The Morgan fingerprint density at radius 1 is 1.00 bits per heavy atom. The van der Waals surface area contributed by atoms with Crippen LogP contribution in [0.15, 0.2) is 42.5 Å². The fourth-order valence-corrected chi connectivity index (χ4v) is 2.08. The number of anilines is 1. The summed E-state index contributed by atoms with van der Waals surface area (Å²) < 4.78 is 4.70. The number of methoxy groups -OCH3 is 1. The molecule has 0 aliphatic rings. The van der Waals surface area contributed by atoms with Crippen LogP contribution in [0.2, 0.25) is 0 Å². The fourth-order valence-electron chi connectivity index (χ4n) is 2.08. The fraction of sp³-hybridized carbons (Fsp3) is 0.118.